The minimum absolute atomic E-state index is 0.522. The van der Waals surface area contributed by atoms with Crippen LogP contribution in [0.4, 0.5) is 0 Å². The Labute approximate surface area is 107 Å². The second-order valence-corrected chi connectivity index (χ2v) is 5.14. The summed E-state index contributed by atoms with van der Waals surface area (Å²) in [6.45, 7) is 6.25. The van der Waals surface area contributed by atoms with Gasteiger partial charge < -0.3 is 9.88 Å². The van der Waals surface area contributed by atoms with E-state index in [4.69, 9.17) is 0 Å². The minimum atomic E-state index is 0.522. The second kappa shape index (κ2) is 5.98. The van der Waals surface area contributed by atoms with Gasteiger partial charge in [-0.05, 0) is 42.7 Å². The molecule has 0 saturated carbocycles. The average molecular weight is 249 g/mol. The summed E-state index contributed by atoms with van der Waals surface area (Å²) in [4.78, 5) is 4.21. The zero-order valence-corrected chi connectivity index (χ0v) is 11.2. The van der Waals surface area contributed by atoms with Gasteiger partial charge in [0.25, 0.3) is 0 Å². The molecule has 1 atom stereocenters. The molecule has 4 heteroatoms. The van der Waals surface area contributed by atoms with Gasteiger partial charge in [0, 0.05) is 31.5 Å². The van der Waals surface area contributed by atoms with E-state index in [1.165, 1.54) is 5.56 Å². The maximum absolute atomic E-state index is 4.21. The Morgan fingerprint density at radius 1 is 1.53 bits per heavy atom. The Kier molecular flexibility index (Phi) is 4.34. The molecule has 0 aliphatic rings. The van der Waals surface area contributed by atoms with E-state index in [0.717, 1.165) is 25.3 Å². The fourth-order valence-electron chi connectivity index (χ4n) is 1.91. The van der Waals surface area contributed by atoms with E-state index in [9.17, 15) is 0 Å². The van der Waals surface area contributed by atoms with Gasteiger partial charge in [0.05, 0.1) is 0 Å². The van der Waals surface area contributed by atoms with Crippen molar-refractivity contribution < 1.29 is 0 Å². The Morgan fingerprint density at radius 3 is 3.06 bits per heavy atom. The molecule has 3 nitrogen and oxygen atoms in total. The average Bonchev–Trinajstić information content (AvgIpc) is 2.91. The molecular weight excluding hydrogens is 230 g/mol. The van der Waals surface area contributed by atoms with Gasteiger partial charge in [-0.1, -0.05) is 0 Å². The van der Waals surface area contributed by atoms with Crippen molar-refractivity contribution in [3.63, 3.8) is 0 Å². The predicted octanol–water partition coefficient (Wildman–Crippen LogP) is 2.47. The number of aryl methyl sites for hydroxylation is 1. The molecule has 0 fully saturated rings. The molecular formula is C13H19N3S. The lowest BCUT2D eigenvalue weighted by atomic mass is 10.1. The van der Waals surface area contributed by atoms with Gasteiger partial charge in [-0.15, -0.1) is 0 Å². The zero-order chi connectivity index (χ0) is 12.1. The van der Waals surface area contributed by atoms with E-state index in [0.29, 0.717) is 6.04 Å². The molecule has 92 valence electrons. The number of nitrogens with zero attached hydrogens (tertiary/aromatic N) is 2. The van der Waals surface area contributed by atoms with Crippen LogP contribution in [-0.4, -0.2) is 22.1 Å². The summed E-state index contributed by atoms with van der Waals surface area (Å²) < 4.78 is 2.17. The first-order valence-corrected chi connectivity index (χ1v) is 6.92. The van der Waals surface area contributed by atoms with Crippen LogP contribution in [0.2, 0.25) is 0 Å². The molecule has 0 bridgehead atoms. The summed E-state index contributed by atoms with van der Waals surface area (Å²) in [6.07, 6.45) is 4.98. The lowest BCUT2D eigenvalue weighted by molar-refractivity contribution is 0.509. The number of imidazole rings is 1. The normalized spacial score (nSPS) is 12.8. The Morgan fingerprint density at radius 2 is 2.41 bits per heavy atom. The predicted molar refractivity (Wildman–Crippen MR) is 72.5 cm³/mol. The van der Waals surface area contributed by atoms with Crippen molar-refractivity contribution in [3.8, 4) is 0 Å². The number of aromatic nitrogens is 2. The molecule has 17 heavy (non-hydrogen) atoms. The van der Waals surface area contributed by atoms with E-state index in [-0.39, 0.29) is 0 Å². The first-order chi connectivity index (χ1) is 8.25. The standard InChI is InChI=1S/C13H19N3S/c1-11(9-13-3-8-17-10-13)14-4-6-16-7-5-15-12(16)2/h3,5,7-8,10-11,14H,4,6,9H2,1-2H3. The molecule has 0 aliphatic carbocycles. The molecule has 0 aromatic carbocycles. The summed E-state index contributed by atoms with van der Waals surface area (Å²) >= 11 is 1.77. The van der Waals surface area contributed by atoms with Crippen LogP contribution < -0.4 is 5.32 Å². The number of nitrogens with one attached hydrogen (secondary N) is 1. The summed E-state index contributed by atoms with van der Waals surface area (Å²) in [5.41, 5.74) is 1.42. The fraction of sp³-hybridized carbons (Fsp3) is 0.462. The number of rotatable bonds is 6. The van der Waals surface area contributed by atoms with Gasteiger partial charge >= 0.3 is 0 Å². The summed E-state index contributed by atoms with van der Waals surface area (Å²) in [7, 11) is 0. The first-order valence-electron chi connectivity index (χ1n) is 5.98. The van der Waals surface area contributed by atoms with Crippen molar-refractivity contribution in [2.45, 2.75) is 32.9 Å². The first kappa shape index (κ1) is 12.3. The van der Waals surface area contributed by atoms with Crippen LogP contribution in [0.5, 0.6) is 0 Å². The van der Waals surface area contributed by atoms with Gasteiger partial charge in [-0.25, -0.2) is 4.98 Å². The molecule has 2 heterocycles. The SMILES string of the molecule is Cc1nccn1CCNC(C)Cc1ccsc1. The molecule has 0 radical (unpaired) electrons. The largest absolute Gasteiger partial charge is 0.334 e. The van der Waals surface area contributed by atoms with Crippen molar-refractivity contribution >= 4 is 11.3 Å². The lowest BCUT2D eigenvalue weighted by Gasteiger charge is -2.13. The molecule has 0 aliphatic heterocycles. The van der Waals surface area contributed by atoms with E-state index in [1.54, 1.807) is 11.3 Å². The third-order valence-corrected chi connectivity index (χ3v) is 3.62. The van der Waals surface area contributed by atoms with Crippen molar-refractivity contribution in [2.24, 2.45) is 0 Å². The van der Waals surface area contributed by atoms with E-state index in [1.807, 2.05) is 19.3 Å². The van der Waals surface area contributed by atoms with E-state index < -0.39 is 0 Å². The van der Waals surface area contributed by atoms with Crippen LogP contribution in [0.3, 0.4) is 0 Å². The topological polar surface area (TPSA) is 29.9 Å². The summed E-state index contributed by atoms with van der Waals surface area (Å²) in [6, 6.07) is 2.72. The molecule has 0 saturated heterocycles. The number of thiophene rings is 1. The molecule has 1 N–H and O–H groups in total. The lowest BCUT2D eigenvalue weighted by Crippen LogP contribution is -2.31. The second-order valence-electron chi connectivity index (χ2n) is 4.36. The third-order valence-electron chi connectivity index (χ3n) is 2.89. The summed E-state index contributed by atoms with van der Waals surface area (Å²) in [5, 5.41) is 7.90. The maximum atomic E-state index is 4.21. The van der Waals surface area contributed by atoms with Crippen molar-refractivity contribution in [1.29, 1.82) is 0 Å². The van der Waals surface area contributed by atoms with Crippen LogP contribution in [0.25, 0.3) is 0 Å². The highest BCUT2D eigenvalue weighted by atomic mass is 32.1. The van der Waals surface area contributed by atoms with Gasteiger partial charge in [-0.2, -0.15) is 11.3 Å². The smallest absolute Gasteiger partial charge is 0.105 e. The Bertz CT molecular complexity index is 433. The highest BCUT2D eigenvalue weighted by molar-refractivity contribution is 7.07. The number of hydrogen-bond donors (Lipinski definition) is 1. The van der Waals surface area contributed by atoms with E-state index in [2.05, 4.69) is 38.6 Å². The van der Waals surface area contributed by atoms with Crippen molar-refractivity contribution in [2.75, 3.05) is 6.54 Å². The maximum Gasteiger partial charge on any atom is 0.105 e. The van der Waals surface area contributed by atoms with Crippen LogP contribution in [0.15, 0.2) is 29.2 Å². The van der Waals surface area contributed by atoms with Gasteiger partial charge in [0.1, 0.15) is 5.82 Å². The summed E-state index contributed by atoms with van der Waals surface area (Å²) in [5.74, 6) is 1.08. The highest BCUT2D eigenvalue weighted by Gasteiger charge is 2.03. The van der Waals surface area contributed by atoms with Gasteiger partial charge in [0.2, 0.25) is 0 Å². The minimum Gasteiger partial charge on any atom is -0.334 e. The molecule has 2 aromatic heterocycles. The molecule has 0 amide bonds. The highest BCUT2D eigenvalue weighted by Crippen LogP contribution is 2.08. The van der Waals surface area contributed by atoms with Gasteiger partial charge in [-0.3, -0.25) is 0 Å². The third kappa shape index (κ3) is 3.68. The van der Waals surface area contributed by atoms with Crippen molar-refractivity contribution in [3.05, 3.63) is 40.6 Å². The monoisotopic (exact) mass is 249 g/mol. The molecule has 0 spiro atoms. The van der Waals surface area contributed by atoms with Gasteiger partial charge in [0.15, 0.2) is 0 Å². The van der Waals surface area contributed by atoms with E-state index >= 15 is 0 Å². The van der Waals surface area contributed by atoms with Crippen LogP contribution in [0, 0.1) is 6.92 Å². The van der Waals surface area contributed by atoms with Crippen LogP contribution >= 0.6 is 11.3 Å². The number of hydrogen-bond acceptors (Lipinski definition) is 3. The Hall–Kier alpha value is -1.13. The molecule has 1 unspecified atom stereocenters. The van der Waals surface area contributed by atoms with Crippen LogP contribution in [-0.2, 0) is 13.0 Å². The molecule has 2 aromatic rings. The van der Waals surface area contributed by atoms with Crippen LogP contribution in [0.1, 0.15) is 18.3 Å². The van der Waals surface area contributed by atoms with Crippen molar-refractivity contribution in [1.82, 2.24) is 14.9 Å². The quantitative estimate of drug-likeness (QED) is 0.852. The fourth-order valence-corrected chi connectivity index (χ4v) is 2.59. The zero-order valence-electron chi connectivity index (χ0n) is 10.4. The molecule has 2 rings (SSSR count). The Balaban J connectivity index is 1.70.